The first kappa shape index (κ1) is 14.4. The number of anilines is 1. The third kappa shape index (κ3) is 3.36. The number of ether oxygens (including phenoxy) is 1. The number of nitrogens with zero attached hydrogens (tertiary/aromatic N) is 1. The molecule has 1 fully saturated rings. The van der Waals surface area contributed by atoms with Crippen LogP contribution in [-0.4, -0.2) is 23.6 Å². The Kier molecular flexibility index (Phi) is 4.41. The van der Waals surface area contributed by atoms with Crippen LogP contribution in [0.15, 0.2) is 35.4 Å². The zero-order chi connectivity index (χ0) is 14.7. The molecule has 0 aliphatic carbocycles. The number of nitrogens with one attached hydrogen (secondary N) is 1. The number of carbonyl (C=O) groups is 1. The summed E-state index contributed by atoms with van der Waals surface area (Å²) < 4.78 is 5.54. The summed E-state index contributed by atoms with van der Waals surface area (Å²) in [5.74, 6) is 0.0163. The quantitative estimate of drug-likeness (QED) is 0.851. The molecule has 1 amide bonds. The van der Waals surface area contributed by atoms with E-state index >= 15 is 0 Å². The van der Waals surface area contributed by atoms with Gasteiger partial charge in [0.15, 0.2) is 0 Å². The van der Waals surface area contributed by atoms with Crippen LogP contribution in [0, 0.1) is 0 Å². The molecule has 1 N–H and O–H groups in total. The third-order valence-electron chi connectivity index (χ3n) is 3.74. The van der Waals surface area contributed by atoms with Gasteiger partial charge in [0.05, 0.1) is 17.3 Å². The number of hydrogen-bond acceptors (Lipinski definition) is 4. The van der Waals surface area contributed by atoms with Crippen LogP contribution < -0.4 is 5.32 Å². The summed E-state index contributed by atoms with van der Waals surface area (Å²) >= 11 is 4.40. The molecule has 1 aliphatic rings. The van der Waals surface area contributed by atoms with Crippen LogP contribution in [0.2, 0.25) is 0 Å². The largest absolute Gasteiger partial charge is 0.378 e. The number of thiol groups is 1. The van der Waals surface area contributed by atoms with Crippen molar-refractivity contribution < 1.29 is 9.53 Å². The molecule has 5 heteroatoms. The summed E-state index contributed by atoms with van der Waals surface area (Å²) in [5, 5.41) is 3.88. The molecular weight excluding hydrogens is 284 g/mol. The Labute approximate surface area is 129 Å². The van der Waals surface area contributed by atoms with Crippen LogP contribution in [0.25, 0.3) is 10.9 Å². The van der Waals surface area contributed by atoms with Gasteiger partial charge in [-0.2, -0.15) is 0 Å². The van der Waals surface area contributed by atoms with Gasteiger partial charge in [0.2, 0.25) is 5.91 Å². The lowest BCUT2D eigenvalue weighted by Crippen LogP contribution is -2.15. The Bertz CT molecular complexity index is 654. The average molecular weight is 302 g/mol. The lowest BCUT2D eigenvalue weighted by atomic mass is 10.1. The van der Waals surface area contributed by atoms with Crippen molar-refractivity contribution in [3.63, 3.8) is 0 Å². The maximum absolute atomic E-state index is 12.1. The van der Waals surface area contributed by atoms with Crippen molar-refractivity contribution in [3.8, 4) is 0 Å². The van der Waals surface area contributed by atoms with Crippen molar-refractivity contribution in [1.29, 1.82) is 0 Å². The fraction of sp³-hybridized carbons (Fsp3) is 0.375. The maximum Gasteiger partial charge on any atom is 0.224 e. The van der Waals surface area contributed by atoms with Crippen molar-refractivity contribution in [2.75, 3.05) is 11.9 Å². The molecule has 1 aliphatic heterocycles. The van der Waals surface area contributed by atoms with E-state index in [0.717, 1.165) is 47.4 Å². The van der Waals surface area contributed by atoms with Gasteiger partial charge in [0.25, 0.3) is 0 Å². The summed E-state index contributed by atoms with van der Waals surface area (Å²) in [7, 11) is 0. The van der Waals surface area contributed by atoms with Crippen LogP contribution in [0.5, 0.6) is 0 Å². The second-order valence-corrected chi connectivity index (χ2v) is 5.74. The van der Waals surface area contributed by atoms with Crippen molar-refractivity contribution in [1.82, 2.24) is 4.98 Å². The number of fused-ring (bicyclic) bond motifs is 1. The monoisotopic (exact) mass is 302 g/mol. The van der Waals surface area contributed by atoms with E-state index in [1.165, 1.54) is 0 Å². The Hall–Kier alpha value is -1.59. The highest BCUT2D eigenvalue weighted by Gasteiger charge is 2.17. The summed E-state index contributed by atoms with van der Waals surface area (Å²) in [4.78, 5) is 17.2. The zero-order valence-corrected chi connectivity index (χ0v) is 12.6. The Morgan fingerprint density at radius 2 is 2.33 bits per heavy atom. The Morgan fingerprint density at radius 3 is 3.14 bits per heavy atom. The molecule has 4 nitrogen and oxygen atoms in total. The van der Waals surface area contributed by atoms with Gasteiger partial charge in [-0.25, -0.2) is 0 Å². The van der Waals surface area contributed by atoms with Crippen LogP contribution in [0.4, 0.5) is 5.69 Å². The topological polar surface area (TPSA) is 51.2 Å². The fourth-order valence-corrected chi connectivity index (χ4v) is 2.91. The summed E-state index contributed by atoms with van der Waals surface area (Å²) in [6, 6.07) is 7.56. The molecule has 0 radical (unpaired) electrons. The average Bonchev–Trinajstić information content (AvgIpc) is 3.00. The Balaban J connectivity index is 1.69. The molecule has 1 aromatic carbocycles. The first-order valence-corrected chi connectivity index (χ1v) is 7.67. The van der Waals surface area contributed by atoms with Crippen molar-refractivity contribution in [2.24, 2.45) is 0 Å². The number of benzene rings is 1. The van der Waals surface area contributed by atoms with Crippen LogP contribution >= 0.6 is 12.6 Å². The number of carbonyl (C=O) groups excluding carboxylic acids is 1. The first-order valence-electron chi connectivity index (χ1n) is 7.22. The molecule has 110 valence electrons. The van der Waals surface area contributed by atoms with Gasteiger partial charge in [-0.1, -0.05) is 12.1 Å². The molecule has 3 rings (SSSR count). The second-order valence-electron chi connectivity index (χ2n) is 5.25. The zero-order valence-electron chi connectivity index (χ0n) is 11.7. The van der Waals surface area contributed by atoms with Gasteiger partial charge < -0.3 is 10.1 Å². The number of aromatic nitrogens is 1. The highest BCUT2D eigenvalue weighted by Crippen LogP contribution is 2.26. The van der Waals surface area contributed by atoms with Gasteiger partial charge in [-0.15, -0.1) is 12.6 Å². The van der Waals surface area contributed by atoms with Crippen LogP contribution in [-0.2, 0) is 9.53 Å². The normalized spacial score (nSPS) is 18.0. The number of hydrogen-bond donors (Lipinski definition) is 2. The molecule has 1 atom stereocenters. The molecule has 0 spiro atoms. The number of rotatable bonds is 4. The third-order valence-corrected chi connectivity index (χ3v) is 4.10. The van der Waals surface area contributed by atoms with E-state index in [9.17, 15) is 4.79 Å². The van der Waals surface area contributed by atoms with Gasteiger partial charge in [-0.05, 0) is 31.4 Å². The van der Waals surface area contributed by atoms with E-state index < -0.39 is 0 Å². The standard InChI is InChI=1S/C16H18N2O2S/c19-15(7-6-11-3-2-10-20-11)18-13-8-9-17-16-12(13)4-1-5-14(16)21/h1,4-5,8-9,11,21H,2-3,6-7,10H2,(H,17,18,19). The van der Waals surface area contributed by atoms with Gasteiger partial charge in [0.1, 0.15) is 0 Å². The van der Waals surface area contributed by atoms with Crippen molar-refractivity contribution >= 4 is 35.1 Å². The first-order chi connectivity index (χ1) is 10.2. The second kappa shape index (κ2) is 6.45. The minimum Gasteiger partial charge on any atom is -0.378 e. The molecule has 0 saturated carbocycles. The van der Waals surface area contributed by atoms with Crippen molar-refractivity contribution in [3.05, 3.63) is 30.5 Å². The Morgan fingerprint density at radius 1 is 1.43 bits per heavy atom. The minimum atomic E-state index is 0.0163. The molecule has 2 heterocycles. The fourth-order valence-electron chi connectivity index (χ4n) is 2.65. The highest BCUT2D eigenvalue weighted by atomic mass is 32.1. The number of amides is 1. The van der Waals surface area contributed by atoms with Gasteiger partial charge in [-0.3, -0.25) is 9.78 Å². The van der Waals surface area contributed by atoms with Crippen LogP contribution in [0.3, 0.4) is 0 Å². The van der Waals surface area contributed by atoms with Crippen LogP contribution in [0.1, 0.15) is 25.7 Å². The summed E-state index contributed by atoms with van der Waals surface area (Å²) in [6.07, 6.45) is 5.37. The van der Waals surface area contributed by atoms with Crippen molar-refractivity contribution in [2.45, 2.75) is 36.7 Å². The smallest absolute Gasteiger partial charge is 0.224 e. The summed E-state index contributed by atoms with van der Waals surface area (Å²) in [6.45, 7) is 0.825. The van der Waals surface area contributed by atoms with E-state index in [4.69, 9.17) is 4.74 Å². The molecule has 2 aromatic rings. The highest BCUT2D eigenvalue weighted by molar-refractivity contribution is 7.80. The lowest BCUT2D eigenvalue weighted by Gasteiger charge is -2.11. The minimum absolute atomic E-state index is 0.0163. The maximum atomic E-state index is 12.1. The predicted octanol–water partition coefficient (Wildman–Crippen LogP) is 3.42. The SMILES string of the molecule is O=C(CCC1CCCO1)Nc1ccnc2c(S)cccc12. The number of pyridine rings is 1. The molecule has 0 bridgehead atoms. The molecule has 21 heavy (non-hydrogen) atoms. The van der Waals surface area contributed by atoms with E-state index in [2.05, 4.69) is 22.9 Å². The van der Waals surface area contributed by atoms with E-state index in [-0.39, 0.29) is 12.0 Å². The predicted molar refractivity (Wildman–Crippen MR) is 85.8 cm³/mol. The van der Waals surface area contributed by atoms with E-state index in [1.54, 1.807) is 6.20 Å². The van der Waals surface area contributed by atoms with Gasteiger partial charge >= 0.3 is 0 Å². The molecule has 1 unspecified atom stereocenters. The molecular formula is C16H18N2O2S. The van der Waals surface area contributed by atoms with Gasteiger partial charge in [0, 0.05) is 29.5 Å². The summed E-state index contributed by atoms with van der Waals surface area (Å²) in [5.41, 5.74) is 1.59. The molecule has 1 aromatic heterocycles. The molecule has 1 saturated heterocycles. The van der Waals surface area contributed by atoms with E-state index in [1.807, 2.05) is 24.3 Å². The number of para-hydroxylation sites is 1. The lowest BCUT2D eigenvalue weighted by molar-refractivity contribution is -0.116. The van der Waals surface area contributed by atoms with E-state index in [0.29, 0.717) is 6.42 Å².